The molecule has 0 amide bonds. The van der Waals surface area contributed by atoms with Crippen LogP contribution < -0.4 is 0 Å². The van der Waals surface area contributed by atoms with Crippen LogP contribution in [0.25, 0.3) is 108 Å². The minimum absolute atomic E-state index is 0.152. The first-order valence-electron chi connectivity index (χ1n) is 19.6. The summed E-state index contributed by atoms with van der Waals surface area (Å²) in [6.45, 7) is 4.84. The van der Waals surface area contributed by atoms with Gasteiger partial charge in [0.1, 0.15) is 0 Å². The smallest absolute Gasteiger partial charge is 0.0368 e. The molecular formula is C55H36S. The van der Waals surface area contributed by atoms with Crippen molar-refractivity contribution in [3.8, 4) is 44.5 Å². The van der Waals surface area contributed by atoms with Crippen molar-refractivity contribution in [2.45, 2.75) is 19.3 Å². The molecule has 0 radical (unpaired) electrons. The van der Waals surface area contributed by atoms with E-state index in [2.05, 4.69) is 196 Å². The fourth-order valence-electron chi connectivity index (χ4n) is 10.3. The van der Waals surface area contributed by atoms with E-state index in [0.717, 1.165) is 0 Å². The summed E-state index contributed by atoms with van der Waals surface area (Å²) in [5.74, 6) is 0. The Kier molecular flexibility index (Phi) is 6.66. The van der Waals surface area contributed by atoms with Crippen LogP contribution in [0.1, 0.15) is 25.0 Å². The van der Waals surface area contributed by atoms with E-state index in [1.165, 1.54) is 119 Å². The topological polar surface area (TPSA) is 0 Å². The molecule has 0 unspecified atom stereocenters. The molecule has 0 fully saturated rings. The molecule has 10 aromatic carbocycles. The molecule has 0 atom stereocenters. The standard InChI is InChI=1S/C55H36S/c1-55(2)47-27-11-9-20-37(47)43-29-30-45-52-44-25-10-12-28-48(44)56-49(52)32-46(53(45)54(43)55)34-17-13-18-35(31-34)50-39-21-5-7-23-41(39)51(42-24-8-6-22-40(42)50)38-26-14-16-33-15-3-4-19-36(33)38/h3-32H,1-2H3. The molecule has 11 aromatic rings. The lowest BCUT2D eigenvalue weighted by Gasteiger charge is -2.25. The minimum Gasteiger partial charge on any atom is -0.135 e. The summed E-state index contributed by atoms with van der Waals surface area (Å²) >= 11 is 1.91. The lowest BCUT2D eigenvalue weighted by atomic mass is 9.78. The fourth-order valence-corrected chi connectivity index (χ4v) is 11.4. The van der Waals surface area contributed by atoms with Gasteiger partial charge in [0.25, 0.3) is 0 Å². The van der Waals surface area contributed by atoms with Crippen LogP contribution in [0.4, 0.5) is 0 Å². The van der Waals surface area contributed by atoms with E-state index < -0.39 is 0 Å². The van der Waals surface area contributed by atoms with Crippen LogP contribution in [-0.4, -0.2) is 0 Å². The van der Waals surface area contributed by atoms with Gasteiger partial charge in [-0.3, -0.25) is 0 Å². The van der Waals surface area contributed by atoms with Crippen molar-refractivity contribution < 1.29 is 0 Å². The van der Waals surface area contributed by atoms with Gasteiger partial charge in [0.05, 0.1) is 0 Å². The van der Waals surface area contributed by atoms with E-state index in [4.69, 9.17) is 0 Å². The Balaban J connectivity index is 1.17. The molecule has 1 aromatic heterocycles. The van der Waals surface area contributed by atoms with Gasteiger partial charge in [-0.1, -0.05) is 178 Å². The van der Waals surface area contributed by atoms with E-state index in [9.17, 15) is 0 Å². The average molecular weight is 729 g/mol. The zero-order valence-corrected chi connectivity index (χ0v) is 32.0. The number of benzene rings is 10. The number of fused-ring (bicyclic) bond motifs is 12. The zero-order chi connectivity index (χ0) is 37.1. The number of rotatable bonds is 3. The third-order valence-electron chi connectivity index (χ3n) is 12.6. The molecule has 262 valence electrons. The van der Waals surface area contributed by atoms with Crippen molar-refractivity contribution in [1.82, 2.24) is 0 Å². The van der Waals surface area contributed by atoms with Gasteiger partial charge in [-0.05, 0) is 117 Å². The predicted octanol–water partition coefficient (Wildman–Crippen LogP) is 16.0. The van der Waals surface area contributed by atoms with Crippen LogP contribution in [0.15, 0.2) is 182 Å². The molecule has 0 spiro atoms. The lowest BCUT2D eigenvalue weighted by Crippen LogP contribution is -2.15. The molecule has 0 saturated carbocycles. The van der Waals surface area contributed by atoms with Crippen LogP contribution in [0, 0.1) is 0 Å². The first kappa shape index (κ1) is 31.8. The maximum atomic E-state index is 2.50. The van der Waals surface area contributed by atoms with Crippen molar-refractivity contribution in [2.24, 2.45) is 0 Å². The van der Waals surface area contributed by atoms with Crippen LogP contribution >= 0.6 is 11.3 Å². The second kappa shape index (κ2) is 11.7. The normalized spacial score (nSPS) is 13.3. The van der Waals surface area contributed by atoms with E-state index in [0.29, 0.717) is 0 Å². The van der Waals surface area contributed by atoms with E-state index >= 15 is 0 Å². The second-order valence-electron chi connectivity index (χ2n) is 15.9. The van der Waals surface area contributed by atoms with Crippen molar-refractivity contribution in [3.05, 3.63) is 193 Å². The Bertz CT molecular complexity index is 3390. The average Bonchev–Trinajstić information content (AvgIpc) is 3.74. The monoisotopic (exact) mass is 728 g/mol. The first-order valence-corrected chi connectivity index (χ1v) is 20.4. The van der Waals surface area contributed by atoms with Gasteiger partial charge in [-0.15, -0.1) is 11.3 Å². The SMILES string of the molecule is CC1(C)c2ccccc2-c2ccc3c(c(-c4cccc(-c5c6ccccc6c(-c6cccc7ccccc67)c6ccccc56)c4)cc4sc5ccccc5c43)c21. The highest BCUT2D eigenvalue weighted by atomic mass is 32.1. The van der Waals surface area contributed by atoms with Crippen LogP contribution in [0.3, 0.4) is 0 Å². The highest BCUT2D eigenvalue weighted by Gasteiger charge is 2.38. The molecule has 0 aliphatic heterocycles. The van der Waals surface area contributed by atoms with Gasteiger partial charge in [-0.25, -0.2) is 0 Å². The van der Waals surface area contributed by atoms with Crippen molar-refractivity contribution in [1.29, 1.82) is 0 Å². The third-order valence-corrected chi connectivity index (χ3v) is 13.7. The van der Waals surface area contributed by atoms with Crippen molar-refractivity contribution in [3.63, 3.8) is 0 Å². The predicted molar refractivity (Wildman–Crippen MR) is 243 cm³/mol. The van der Waals surface area contributed by atoms with Gasteiger partial charge < -0.3 is 0 Å². The molecular weight excluding hydrogens is 693 g/mol. The van der Waals surface area contributed by atoms with E-state index in [-0.39, 0.29) is 5.41 Å². The van der Waals surface area contributed by atoms with Crippen LogP contribution in [0.5, 0.6) is 0 Å². The van der Waals surface area contributed by atoms with Gasteiger partial charge in [0.15, 0.2) is 0 Å². The fraction of sp³-hybridized carbons (Fsp3) is 0.0545. The van der Waals surface area contributed by atoms with Gasteiger partial charge in [0, 0.05) is 25.6 Å². The first-order chi connectivity index (χ1) is 27.6. The Morgan fingerprint density at radius 3 is 1.73 bits per heavy atom. The number of hydrogen-bond donors (Lipinski definition) is 0. The van der Waals surface area contributed by atoms with E-state index in [1.807, 2.05) is 11.3 Å². The van der Waals surface area contributed by atoms with Gasteiger partial charge in [-0.2, -0.15) is 0 Å². The molecule has 0 bridgehead atoms. The minimum atomic E-state index is -0.152. The Morgan fingerprint density at radius 2 is 0.946 bits per heavy atom. The molecule has 1 aliphatic rings. The molecule has 1 aliphatic carbocycles. The van der Waals surface area contributed by atoms with Gasteiger partial charge >= 0.3 is 0 Å². The van der Waals surface area contributed by atoms with Crippen LogP contribution in [-0.2, 0) is 5.41 Å². The number of hydrogen-bond acceptors (Lipinski definition) is 1. The summed E-state index contributed by atoms with van der Waals surface area (Å²) in [5.41, 5.74) is 13.0. The molecule has 56 heavy (non-hydrogen) atoms. The second-order valence-corrected chi connectivity index (χ2v) is 17.0. The summed E-state index contributed by atoms with van der Waals surface area (Å²) in [7, 11) is 0. The highest BCUT2D eigenvalue weighted by Crippen LogP contribution is 2.55. The van der Waals surface area contributed by atoms with Crippen molar-refractivity contribution >= 4 is 74.6 Å². The van der Waals surface area contributed by atoms with Crippen molar-refractivity contribution in [2.75, 3.05) is 0 Å². The molecule has 12 rings (SSSR count). The lowest BCUT2D eigenvalue weighted by molar-refractivity contribution is 0.666. The maximum absolute atomic E-state index is 2.50. The summed E-state index contributed by atoms with van der Waals surface area (Å²) < 4.78 is 2.67. The van der Waals surface area contributed by atoms with Crippen LogP contribution in [0.2, 0.25) is 0 Å². The highest BCUT2D eigenvalue weighted by molar-refractivity contribution is 7.26. The summed E-state index contributed by atoms with van der Waals surface area (Å²) in [6.07, 6.45) is 0. The molecule has 0 nitrogen and oxygen atoms in total. The number of thiophene rings is 1. The quantitative estimate of drug-likeness (QED) is 0.159. The summed E-state index contributed by atoms with van der Waals surface area (Å²) in [4.78, 5) is 0. The Hall–Kier alpha value is -6.54. The molecule has 1 heteroatoms. The Labute approximate surface area is 329 Å². The summed E-state index contributed by atoms with van der Waals surface area (Å²) in [6, 6.07) is 68.2. The molecule has 0 N–H and O–H groups in total. The zero-order valence-electron chi connectivity index (χ0n) is 31.2. The Morgan fingerprint density at radius 1 is 0.357 bits per heavy atom. The molecule has 1 heterocycles. The third kappa shape index (κ3) is 4.35. The summed E-state index contributed by atoms with van der Waals surface area (Å²) in [5, 5.41) is 13.1. The van der Waals surface area contributed by atoms with E-state index in [1.54, 1.807) is 0 Å². The largest absolute Gasteiger partial charge is 0.135 e. The molecule has 0 saturated heterocycles. The van der Waals surface area contributed by atoms with Gasteiger partial charge in [0.2, 0.25) is 0 Å². The maximum Gasteiger partial charge on any atom is 0.0368 e.